The Bertz CT molecular complexity index is 1050. The van der Waals surface area contributed by atoms with Crippen molar-refractivity contribution in [1.82, 2.24) is 9.55 Å². The molecule has 2 nitrogen and oxygen atoms in total. The van der Waals surface area contributed by atoms with Gasteiger partial charge < -0.3 is 4.57 Å². The minimum Gasteiger partial charge on any atom is -0.336 e. The van der Waals surface area contributed by atoms with E-state index < -0.39 is 0 Å². The standard InChI is InChI=1S/C22H18Cl2N2S/c23-20-8-5-16(11-21(20)24)14-27-22(13-26-10-9-25-15-26)19-7-6-17-3-1-2-4-18(17)12-19/h1-12,15,22H,13-14H2. The highest BCUT2D eigenvalue weighted by Crippen LogP contribution is 2.35. The van der Waals surface area contributed by atoms with Crippen LogP contribution in [-0.2, 0) is 12.3 Å². The second-order valence-electron chi connectivity index (χ2n) is 6.41. The molecule has 0 amide bonds. The second-order valence-corrected chi connectivity index (χ2v) is 8.42. The van der Waals surface area contributed by atoms with Crippen molar-refractivity contribution < 1.29 is 0 Å². The zero-order chi connectivity index (χ0) is 18.6. The van der Waals surface area contributed by atoms with E-state index in [2.05, 4.69) is 52.0 Å². The lowest BCUT2D eigenvalue weighted by Crippen LogP contribution is -2.05. The molecule has 1 aromatic heterocycles. The van der Waals surface area contributed by atoms with E-state index in [0.29, 0.717) is 15.3 Å². The molecule has 0 spiro atoms. The summed E-state index contributed by atoms with van der Waals surface area (Å²) in [7, 11) is 0. The molecule has 0 saturated heterocycles. The second kappa shape index (κ2) is 8.39. The number of imidazole rings is 1. The van der Waals surface area contributed by atoms with Gasteiger partial charge in [0.15, 0.2) is 0 Å². The maximum Gasteiger partial charge on any atom is 0.0946 e. The maximum absolute atomic E-state index is 6.17. The first-order valence-electron chi connectivity index (χ1n) is 8.69. The molecular formula is C22H18Cl2N2S. The topological polar surface area (TPSA) is 17.8 Å². The Balaban J connectivity index is 1.60. The Morgan fingerprint density at radius 1 is 0.926 bits per heavy atom. The molecule has 0 saturated carbocycles. The van der Waals surface area contributed by atoms with Crippen molar-refractivity contribution in [3.05, 3.63) is 101 Å². The third-order valence-electron chi connectivity index (χ3n) is 4.52. The van der Waals surface area contributed by atoms with E-state index in [1.165, 1.54) is 21.9 Å². The van der Waals surface area contributed by atoms with Crippen LogP contribution in [0.4, 0.5) is 0 Å². The van der Waals surface area contributed by atoms with Gasteiger partial charge in [-0.25, -0.2) is 4.98 Å². The number of hydrogen-bond acceptors (Lipinski definition) is 2. The fourth-order valence-electron chi connectivity index (χ4n) is 3.07. The van der Waals surface area contributed by atoms with Gasteiger partial charge in [-0.1, -0.05) is 65.7 Å². The molecule has 0 aliphatic rings. The smallest absolute Gasteiger partial charge is 0.0946 e. The van der Waals surface area contributed by atoms with Crippen molar-refractivity contribution in [3.8, 4) is 0 Å². The molecule has 0 radical (unpaired) electrons. The molecule has 0 bridgehead atoms. The van der Waals surface area contributed by atoms with Crippen LogP contribution >= 0.6 is 35.0 Å². The van der Waals surface area contributed by atoms with Gasteiger partial charge in [0.2, 0.25) is 0 Å². The van der Waals surface area contributed by atoms with E-state index in [4.69, 9.17) is 23.2 Å². The number of aromatic nitrogens is 2. The van der Waals surface area contributed by atoms with E-state index in [9.17, 15) is 0 Å². The average molecular weight is 413 g/mol. The van der Waals surface area contributed by atoms with E-state index in [-0.39, 0.29) is 0 Å². The summed E-state index contributed by atoms with van der Waals surface area (Å²) >= 11 is 14.1. The molecule has 4 rings (SSSR count). The largest absolute Gasteiger partial charge is 0.336 e. The van der Waals surface area contributed by atoms with Gasteiger partial charge in [0.1, 0.15) is 0 Å². The van der Waals surface area contributed by atoms with Crippen molar-refractivity contribution in [1.29, 1.82) is 0 Å². The van der Waals surface area contributed by atoms with Gasteiger partial charge >= 0.3 is 0 Å². The third-order valence-corrected chi connectivity index (χ3v) is 6.58. The highest BCUT2D eigenvalue weighted by molar-refractivity contribution is 7.98. The van der Waals surface area contributed by atoms with Gasteiger partial charge in [0.05, 0.1) is 16.4 Å². The SMILES string of the molecule is Clc1ccc(CSC(Cn2ccnc2)c2ccc3ccccc3c2)cc1Cl. The lowest BCUT2D eigenvalue weighted by molar-refractivity contribution is 0.683. The minimum absolute atomic E-state index is 0.304. The van der Waals surface area contributed by atoms with Gasteiger partial charge in [-0.2, -0.15) is 0 Å². The van der Waals surface area contributed by atoms with Crippen LogP contribution in [0.25, 0.3) is 10.8 Å². The predicted molar refractivity (Wildman–Crippen MR) is 117 cm³/mol. The molecule has 4 aromatic rings. The summed E-state index contributed by atoms with van der Waals surface area (Å²) in [6.45, 7) is 0.865. The summed E-state index contributed by atoms with van der Waals surface area (Å²) in [4.78, 5) is 4.18. The third kappa shape index (κ3) is 4.49. The Labute approximate surface area is 173 Å². The Morgan fingerprint density at radius 2 is 1.78 bits per heavy atom. The average Bonchev–Trinajstić information content (AvgIpc) is 3.20. The van der Waals surface area contributed by atoms with Crippen LogP contribution in [0.1, 0.15) is 16.4 Å². The fourth-order valence-corrected chi connectivity index (χ4v) is 4.59. The van der Waals surface area contributed by atoms with Gasteiger partial charge in [0.25, 0.3) is 0 Å². The highest BCUT2D eigenvalue weighted by atomic mass is 35.5. The number of nitrogens with zero attached hydrogens (tertiary/aromatic N) is 2. The first-order chi connectivity index (χ1) is 13.2. The summed E-state index contributed by atoms with van der Waals surface area (Å²) in [5.74, 6) is 0.864. The molecule has 5 heteroatoms. The van der Waals surface area contributed by atoms with Crippen LogP contribution in [-0.4, -0.2) is 9.55 Å². The summed E-state index contributed by atoms with van der Waals surface area (Å²) < 4.78 is 2.13. The number of thioether (sulfide) groups is 1. The first-order valence-corrected chi connectivity index (χ1v) is 10.5. The number of rotatable bonds is 6. The van der Waals surface area contributed by atoms with Crippen molar-refractivity contribution in [2.24, 2.45) is 0 Å². The molecule has 0 aliphatic heterocycles. The molecule has 136 valence electrons. The zero-order valence-electron chi connectivity index (χ0n) is 14.6. The monoisotopic (exact) mass is 412 g/mol. The molecule has 1 unspecified atom stereocenters. The fraction of sp³-hybridized carbons (Fsp3) is 0.136. The molecule has 1 heterocycles. The number of halogens is 2. The molecule has 0 aliphatic carbocycles. The summed E-state index contributed by atoms with van der Waals surface area (Å²) in [5.41, 5.74) is 2.48. The van der Waals surface area contributed by atoms with Gasteiger partial charge in [0, 0.05) is 29.9 Å². The molecule has 0 N–H and O–H groups in total. The van der Waals surface area contributed by atoms with Crippen molar-refractivity contribution >= 4 is 45.7 Å². The number of fused-ring (bicyclic) bond motifs is 1. The predicted octanol–water partition coefficient (Wildman–Crippen LogP) is 7.02. The first kappa shape index (κ1) is 18.4. The van der Waals surface area contributed by atoms with Crippen LogP contribution < -0.4 is 0 Å². The Morgan fingerprint density at radius 3 is 2.56 bits per heavy atom. The van der Waals surface area contributed by atoms with Crippen LogP contribution in [0.15, 0.2) is 79.4 Å². The summed E-state index contributed by atoms with van der Waals surface area (Å²) in [6, 6.07) is 21.0. The molecule has 0 fully saturated rings. The summed E-state index contributed by atoms with van der Waals surface area (Å²) in [6.07, 6.45) is 5.70. The van der Waals surface area contributed by atoms with E-state index in [1.54, 1.807) is 0 Å². The number of hydrogen-bond donors (Lipinski definition) is 0. The normalized spacial score (nSPS) is 12.4. The maximum atomic E-state index is 6.17. The Kier molecular flexibility index (Phi) is 5.72. The number of benzene rings is 3. The lowest BCUT2D eigenvalue weighted by Gasteiger charge is -2.19. The Hall–Kier alpha value is -1.94. The van der Waals surface area contributed by atoms with E-state index >= 15 is 0 Å². The van der Waals surface area contributed by atoms with Crippen LogP contribution in [0.3, 0.4) is 0 Å². The van der Waals surface area contributed by atoms with E-state index in [1.807, 2.05) is 48.7 Å². The van der Waals surface area contributed by atoms with Crippen LogP contribution in [0.2, 0.25) is 10.0 Å². The quantitative estimate of drug-likeness (QED) is 0.338. The minimum atomic E-state index is 0.304. The zero-order valence-corrected chi connectivity index (χ0v) is 16.9. The van der Waals surface area contributed by atoms with E-state index in [0.717, 1.165) is 12.3 Å². The lowest BCUT2D eigenvalue weighted by atomic mass is 10.0. The van der Waals surface area contributed by atoms with Crippen LogP contribution in [0.5, 0.6) is 0 Å². The van der Waals surface area contributed by atoms with Gasteiger partial charge in [-0.3, -0.25) is 0 Å². The van der Waals surface area contributed by atoms with Gasteiger partial charge in [-0.15, -0.1) is 11.8 Å². The summed E-state index contributed by atoms with van der Waals surface area (Å²) in [5, 5.41) is 4.03. The molecule has 1 atom stereocenters. The molecular weight excluding hydrogens is 395 g/mol. The molecule has 3 aromatic carbocycles. The highest BCUT2D eigenvalue weighted by Gasteiger charge is 2.14. The van der Waals surface area contributed by atoms with Crippen molar-refractivity contribution in [2.75, 3.05) is 0 Å². The molecule has 27 heavy (non-hydrogen) atoms. The van der Waals surface area contributed by atoms with Crippen LogP contribution in [0, 0.1) is 0 Å². The van der Waals surface area contributed by atoms with Crippen molar-refractivity contribution in [3.63, 3.8) is 0 Å². The van der Waals surface area contributed by atoms with Gasteiger partial charge in [-0.05, 0) is 40.1 Å². The van der Waals surface area contributed by atoms with Crippen molar-refractivity contribution in [2.45, 2.75) is 17.5 Å².